The molecule has 0 atom stereocenters. The molecule has 1 aliphatic heterocycles. The van der Waals surface area contributed by atoms with Crippen molar-refractivity contribution in [2.24, 2.45) is 5.73 Å². The highest BCUT2D eigenvalue weighted by Gasteiger charge is 2.18. The fourth-order valence-electron chi connectivity index (χ4n) is 1.86. The first-order valence-electron chi connectivity index (χ1n) is 6.20. The molecule has 3 amide bonds. The van der Waals surface area contributed by atoms with Crippen molar-refractivity contribution in [2.75, 3.05) is 19.6 Å². The van der Waals surface area contributed by atoms with E-state index in [1.54, 1.807) is 30.3 Å². The van der Waals surface area contributed by atoms with Gasteiger partial charge in [-0.3, -0.25) is 14.4 Å². The third kappa shape index (κ3) is 3.44. The van der Waals surface area contributed by atoms with Crippen molar-refractivity contribution in [3.8, 4) is 0 Å². The molecule has 3 N–H and O–H groups in total. The third-order valence-corrected chi connectivity index (χ3v) is 2.96. The number of nitrogens with one attached hydrogen (secondary N) is 1. The summed E-state index contributed by atoms with van der Waals surface area (Å²) in [6, 6.07) is 6.60. The molecule has 0 aromatic heterocycles. The number of piperazine rings is 1. The number of carbonyl (C=O) groups is 3. The zero-order chi connectivity index (χ0) is 14.5. The van der Waals surface area contributed by atoms with Crippen LogP contribution < -0.4 is 11.1 Å². The molecule has 6 nitrogen and oxygen atoms in total. The largest absolute Gasteiger partial charge is 0.366 e. The van der Waals surface area contributed by atoms with E-state index in [9.17, 15) is 14.4 Å². The molecule has 0 bridgehead atoms. The van der Waals surface area contributed by atoms with Gasteiger partial charge in [0, 0.05) is 24.7 Å². The number of benzene rings is 1. The van der Waals surface area contributed by atoms with Crippen LogP contribution in [0.15, 0.2) is 30.3 Å². The molecule has 20 heavy (non-hydrogen) atoms. The second-order valence-corrected chi connectivity index (χ2v) is 4.43. The van der Waals surface area contributed by atoms with E-state index in [-0.39, 0.29) is 18.4 Å². The summed E-state index contributed by atoms with van der Waals surface area (Å²) in [5.74, 6) is -0.849. The van der Waals surface area contributed by atoms with Crippen LogP contribution in [0.25, 0.3) is 6.08 Å². The van der Waals surface area contributed by atoms with Gasteiger partial charge in [0.15, 0.2) is 0 Å². The number of hydrogen-bond acceptors (Lipinski definition) is 3. The van der Waals surface area contributed by atoms with Gasteiger partial charge in [0.25, 0.3) is 0 Å². The van der Waals surface area contributed by atoms with Gasteiger partial charge in [-0.15, -0.1) is 0 Å². The van der Waals surface area contributed by atoms with Crippen LogP contribution >= 0.6 is 0 Å². The summed E-state index contributed by atoms with van der Waals surface area (Å²) in [5, 5.41) is 2.66. The molecule has 0 aliphatic carbocycles. The summed E-state index contributed by atoms with van der Waals surface area (Å²) in [6.45, 7) is 1.07. The van der Waals surface area contributed by atoms with E-state index < -0.39 is 5.91 Å². The van der Waals surface area contributed by atoms with Crippen molar-refractivity contribution in [2.45, 2.75) is 0 Å². The fourth-order valence-corrected chi connectivity index (χ4v) is 1.86. The molecule has 1 aromatic rings. The lowest BCUT2D eigenvalue weighted by atomic mass is 10.1. The minimum Gasteiger partial charge on any atom is -0.366 e. The molecular weight excluding hydrogens is 258 g/mol. The molecule has 6 heteroatoms. The van der Waals surface area contributed by atoms with Gasteiger partial charge in [0.05, 0.1) is 6.54 Å². The molecule has 0 saturated carbocycles. The molecule has 1 aliphatic rings. The van der Waals surface area contributed by atoms with Crippen molar-refractivity contribution < 1.29 is 14.4 Å². The van der Waals surface area contributed by atoms with Crippen LogP contribution in [-0.2, 0) is 9.59 Å². The fraction of sp³-hybridized carbons (Fsp3) is 0.214. The number of nitrogens with zero attached hydrogens (tertiary/aromatic N) is 1. The molecule has 1 heterocycles. The maximum absolute atomic E-state index is 11.9. The Hall–Kier alpha value is -2.63. The maximum Gasteiger partial charge on any atom is 0.248 e. The second-order valence-electron chi connectivity index (χ2n) is 4.43. The molecule has 1 saturated heterocycles. The van der Waals surface area contributed by atoms with Crippen LogP contribution in [0.3, 0.4) is 0 Å². The summed E-state index contributed by atoms with van der Waals surface area (Å²) in [6.07, 6.45) is 3.05. The normalized spacial score (nSPS) is 15.2. The van der Waals surface area contributed by atoms with E-state index in [4.69, 9.17) is 5.73 Å². The van der Waals surface area contributed by atoms with Gasteiger partial charge in [-0.2, -0.15) is 0 Å². The van der Waals surface area contributed by atoms with Crippen LogP contribution in [0, 0.1) is 0 Å². The van der Waals surface area contributed by atoms with Crippen LogP contribution in [0.1, 0.15) is 15.9 Å². The molecule has 0 unspecified atom stereocenters. The van der Waals surface area contributed by atoms with Gasteiger partial charge in [0.2, 0.25) is 17.7 Å². The Labute approximate surface area is 116 Å². The minimum atomic E-state index is -0.490. The zero-order valence-corrected chi connectivity index (χ0v) is 10.8. The van der Waals surface area contributed by atoms with Crippen molar-refractivity contribution >= 4 is 23.8 Å². The Morgan fingerprint density at radius 1 is 1.25 bits per heavy atom. The quantitative estimate of drug-likeness (QED) is 0.744. The van der Waals surface area contributed by atoms with Crippen molar-refractivity contribution in [3.05, 3.63) is 41.5 Å². The second kappa shape index (κ2) is 6.01. The smallest absolute Gasteiger partial charge is 0.248 e. The SMILES string of the molecule is NC(=O)c1ccc(C=CC(=O)N2CCNC(=O)C2)cc1. The van der Waals surface area contributed by atoms with Gasteiger partial charge in [0.1, 0.15) is 0 Å². The van der Waals surface area contributed by atoms with Crippen LogP contribution in [-0.4, -0.2) is 42.3 Å². The molecular formula is C14H15N3O3. The average molecular weight is 273 g/mol. The number of nitrogens with two attached hydrogens (primary N) is 1. The van der Waals surface area contributed by atoms with E-state index in [0.29, 0.717) is 18.7 Å². The van der Waals surface area contributed by atoms with Crippen LogP contribution in [0.5, 0.6) is 0 Å². The standard InChI is InChI=1S/C14H15N3O3/c15-14(20)11-4-1-10(2-5-11)3-6-13(19)17-8-7-16-12(18)9-17/h1-6H,7-9H2,(H2,15,20)(H,16,18). The first-order chi connectivity index (χ1) is 9.56. The monoisotopic (exact) mass is 273 g/mol. The van der Waals surface area contributed by atoms with E-state index >= 15 is 0 Å². The first kappa shape index (κ1) is 13.8. The number of hydrogen-bond donors (Lipinski definition) is 2. The summed E-state index contributed by atoms with van der Waals surface area (Å²) < 4.78 is 0. The van der Waals surface area contributed by atoms with Gasteiger partial charge in [-0.05, 0) is 23.8 Å². The van der Waals surface area contributed by atoms with Gasteiger partial charge >= 0.3 is 0 Å². The van der Waals surface area contributed by atoms with Crippen molar-refractivity contribution in [1.29, 1.82) is 0 Å². The highest BCUT2D eigenvalue weighted by molar-refractivity contribution is 5.95. The summed E-state index contributed by atoms with van der Waals surface area (Å²) in [4.78, 5) is 35.5. The Morgan fingerprint density at radius 3 is 2.55 bits per heavy atom. The predicted octanol–water partition coefficient (Wildman–Crippen LogP) is -0.243. The number of amides is 3. The van der Waals surface area contributed by atoms with E-state index in [1.807, 2.05) is 0 Å². The average Bonchev–Trinajstić information content (AvgIpc) is 2.45. The molecule has 2 rings (SSSR count). The zero-order valence-electron chi connectivity index (χ0n) is 10.8. The molecule has 1 fully saturated rings. The lowest BCUT2D eigenvalue weighted by molar-refractivity contribution is -0.134. The molecule has 104 valence electrons. The van der Waals surface area contributed by atoms with Crippen molar-refractivity contribution in [3.63, 3.8) is 0 Å². The van der Waals surface area contributed by atoms with Crippen LogP contribution in [0.4, 0.5) is 0 Å². The van der Waals surface area contributed by atoms with E-state index in [1.165, 1.54) is 11.0 Å². The van der Waals surface area contributed by atoms with Crippen molar-refractivity contribution in [1.82, 2.24) is 10.2 Å². The number of carbonyl (C=O) groups excluding carboxylic acids is 3. The molecule has 0 spiro atoms. The van der Waals surface area contributed by atoms with Crippen LogP contribution in [0.2, 0.25) is 0 Å². The number of rotatable bonds is 3. The van der Waals surface area contributed by atoms with Gasteiger partial charge in [-0.1, -0.05) is 12.1 Å². The Balaban J connectivity index is 1.99. The summed E-state index contributed by atoms with van der Waals surface area (Å²) in [5.41, 5.74) is 6.34. The highest BCUT2D eigenvalue weighted by Crippen LogP contribution is 2.06. The highest BCUT2D eigenvalue weighted by atomic mass is 16.2. The lowest BCUT2D eigenvalue weighted by Gasteiger charge is -2.25. The Kier molecular flexibility index (Phi) is 4.14. The topological polar surface area (TPSA) is 92.5 Å². The predicted molar refractivity (Wildman–Crippen MR) is 73.6 cm³/mol. The Bertz CT molecular complexity index is 564. The van der Waals surface area contributed by atoms with Gasteiger partial charge in [-0.25, -0.2) is 0 Å². The number of primary amides is 1. The first-order valence-corrected chi connectivity index (χ1v) is 6.20. The summed E-state index contributed by atoms with van der Waals surface area (Å²) >= 11 is 0. The molecule has 0 radical (unpaired) electrons. The van der Waals surface area contributed by atoms with E-state index in [2.05, 4.69) is 5.32 Å². The maximum atomic E-state index is 11.9. The third-order valence-electron chi connectivity index (χ3n) is 2.96. The lowest BCUT2D eigenvalue weighted by Crippen LogP contribution is -2.49. The minimum absolute atomic E-state index is 0.0871. The Morgan fingerprint density at radius 2 is 1.95 bits per heavy atom. The molecule has 1 aromatic carbocycles. The van der Waals surface area contributed by atoms with Gasteiger partial charge < -0.3 is 16.0 Å². The van der Waals surface area contributed by atoms with E-state index in [0.717, 1.165) is 5.56 Å². The summed E-state index contributed by atoms with van der Waals surface area (Å²) in [7, 11) is 0.